The predicted molar refractivity (Wildman–Crippen MR) is 76.1 cm³/mol. The first-order chi connectivity index (χ1) is 9.68. The number of benzene rings is 1. The Morgan fingerprint density at radius 1 is 0.950 bits per heavy atom. The molecule has 1 aromatic rings. The smallest absolute Gasteiger partial charge is 0.304 e. The highest BCUT2D eigenvalue weighted by Gasteiger charge is 1.95. The molecular weight excluding hydrogens is 261 g/mol. The number of carbonyl (C=O) groups is 1. The largest absolute Gasteiger partial charge is 0.481 e. The van der Waals surface area contributed by atoms with Gasteiger partial charge in [-0.15, -0.1) is 0 Å². The van der Waals surface area contributed by atoms with Gasteiger partial charge in [-0.2, -0.15) is 0 Å². The molecule has 1 rings (SSSR count). The predicted octanol–water partition coefficient (Wildman–Crippen LogP) is 0.569. The molecular formula is C14H22FN3O2. The van der Waals surface area contributed by atoms with Gasteiger partial charge in [0.2, 0.25) is 0 Å². The second-order valence-electron chi connectivity index (χ2n) is 4.45. The molecule has 20 heavy (non-hydrogen) atoms. The molecule has 0 aliphatic heterocycles. The van der Waals surface area contributed by atoms with Crippen molar-refractivity contribution in [2.24, 2.45) is 0 Å². The standard InChI is InChI=1S/C14H22FN3O2/c15-13-3-1-12(2-4-13)11-18-10-9-17-8-7-16-6-5-14(19)20/h1-4,16-18H,5-11H2,(H,19,20). The maximum absolute atomic E-state index is 12.7. The van der Waals surface area contributed by atoms with Crippen molar-refractivity contribution in [3.8, 4) is 0 Å². The van der Waals surface area contributed by atoms with Gasteiger partial charge >= 0.3 is 5.97 Å². The van der Waals surface area contributed by atoms with Crippen molar-refractivity contribution in [3.05, 3.63) is 35.6 Å². The number of halogens is 1. The van der Waals surface area contributed by atoms with E-state index in [9.17, 15) is 9.18 Å². The van der Waals surface area contributed by atoms with E-state index in [1.807, 2.05) is 0 Å². The Labute approximate surface area is 118 Å². The van der Waals surface area contributed by atoms with E-state index in [1.54, 1.807) is 12.1 Å². The van der Waals surface area contributed by atoms with E-state index < -0.39 is 5.97 Å². The van der Waals surface area contributed by atoms with Gasteiger partial charge in [-0.25, -0.2) is 4.39 Å². The lowest BCUT2D eigenvalue weighted by Gasteiger charge is -2.07. The average Bonchev–Trinajstić information content (AvgIpc) is 2.42. The van der Waals surface area contributed by atoms with Crippen molar-refractivity contribution in [1.29, 1.82) is 0 Å². The molecule has 112 valence electrons. The molecule has 0 radical (unpaired) electrons. The Morgan fingerprint density at radius 3 is 2.10 bits per heavy atom. The second kappa shape index (κ2) is 10.3. The van der Waals surface area contributed by atoms with E-state index in [0.29, 0.717) is 6.54 Å². The Kier molecular flexibility index (Phi) is 8.53. The van der Waals surface area contributed by atoms with Crippen LogP contribution in [0.2, 0.25) is 0 Å². The van der Waals surface area contributed by atoms with Gasteiger partial charge in [0, 0.05) is 39.3 Å². The topological polar surface area (TPSA) is 73.4 Å². The molecule has 0 unspecified atom stereocenters. The maximum Gasteiger partial charge on any atom is 0.304 e. The Morgan fingerprint density at radius 2 is 1.50 bits per heavy atom. The number of aliphatic carboxylic acids is 1. The molecule has 0 heterocycles. The molecule has 0 aliphatic rings. The first kappa shape index (κ1) is 16.6. The van der Waals surface area contributed by atoms with E-state index >= 15 is 0 Å². The number of hydrogen-bond acceptors (Lipinski definition) is 4. The number of rotatable bonds is 11. The highest BCUT2D eigenvalue weighted by molar-refractivity contribution is 5.66. The summed E-state index contributed by atoms with van der Waals surface area (Å²) in [5, 5.41) is 18.0. The van der Waals surface area contributed by atoms with Gasteiger partial charge in [-0.05, 0) is 17.7 Å². The first-order valence-corrected chi connectivity index (χ1v) is 6.77. The molecule has 0 aromatic heterocycles. The van der Waals surface area contributed by atoms with Crippen molar-refractivity contribution in [3.63, 3.8) is 0 Å². The molecule has 0 spiro atoms. The van der Waals surface area contributed by atoms with Crippen LogP contribution in [-0.2, 0) is 11.3 Å². The quantitative estimate of drug-likeness (QED) is 0.447. The lowest BCUT2D eigenvalue weighted by Crippen LogP contribution is -2.33. The van der Waals surface area contributed by atoms with Gasteiger partial charge < -0.3 is 21.1 Å². The highest BCUT2D eigenvalue weighted by atomic mass is 19.1. The highest BCUT2D eigenvalue weighted by Crippen LogP contribution is 2.01. The number of nitrogens with one attached hydrogen (secondary N) is 3. The van der Waals surface area contributed by atoms with Crippen LogP contribution in [0.25, 0.3) is 0 Å². The SMILES string of the molecule is O=C(O)CCNCCNCCNCc1ccc(F)cc1. The van der Waals surface area contributed by atoms with Crippen LogP contribution in [0.1, 0.15) is 12.0 Å². The summed E-state index contributed by atoms with van der Waals surface area (Å²) in [6.07, 6.45) is 0.152. The van der Waals surface area contributed by atoms with E-state index in [4.69, 9.17) is 5.11 Å². The van der Waals surface area contributed by atoms with Crippen LogP contribution >= 0.6 is 0 Å². The zero-order valence-electron chi connectivity index (χ0n) is 11.5. The fourth-order valence-corrected chi connectivity index (χ4v) is 1.63. The Bertz CT molecular complexity index is 385. The Balaban J connectivity index is 1.87. The van der Waals surface area contributed by atoms with Crippen LogP contribution in [-0.4, -0.2) is 43.8 Å². The van der Waals surface area contributed by atoms with Crippen LogP contribution in [0.4, 0.5) is 4.39 Å². The molecule has 0 aliphatic carbocycles. The lowest BCUT2D eigenvalue weighted by atomic mass is 10.2. The summed E-state index contributed by atoms with van der Waals surface area (Å²) in [6.45, 7) is 4.44. The zero-order valence-corrected chi connectivity index (χ0v) is 11.5. The van der Waals surface area contributed by atoms with E-state index in [2.05, 4.69) is 16.0 Å². The minimum atomic E-state index is -0.782. The van der Waals surface area contributed by atoms with Crippen molar-refractivity contribution in [2.45, 2.75) is 13.0 Å². The second-order valence-corrected chi connectivity index (χ2v) is 4.45. The minimum Gasteiger partial charge on any atom is -0.481 e. The fraction of sp³-hybridized carbons (Fsp3) is 0.500. The van der Waals surface area contributed by atoms with Gasteiger partial charge in [0.1, 0.15) is 5.82 Å². The molecule has 0 fully saturated rings. The molecule has 5 nitrogen and oxygen atoms in total. The van der Waals surface area contributed by atoms with Crippen LogP contribution in [0.3, 0.4) is 0 Å². The van der Waals surface area contributed by atoms with Crippen LogP contribution < -0.4 is 16.0 Å². The maximum atomic E-state index is 12.7. The molecule has 1 aromatic carbocycles. The molecule has 0 atom stereocenters. The number of hydrogen-bond donors (Lipinski definition) is 4. The average molecular weight is 283 g/mol. The van der Waals surface area contributed by atoms with Gasteiger partial charge in [0.15, 0.2) is 0 Å². The van der Waals surface area contributed by atoms with E-state index in [-0.39, 0.29) is 12.2 Å². The summed E-state index contributed by atoms with van der Waals surface area (Å²) >= 11 is 0. The van der Waals surface area contributed by atoms with Crippen molar-refractivity contribution in [2.75, 3.05) is 32.7 Å². The summed E-state index contributed by atoms with van der Waals surface area (Å²) in [5.74, 6) is -0.999. The third kappa shape index (κ3) is 8.58. The Hall–Kier alpha value is -1.50. The molecule has 0 saturated carbocycles. The monoisotopic (exact) mass is 283 g/mol. The van der Waals surface area contributed by atoms with Gasteiger partial charge in [-0.1, -0.05) is 12.1 Å². The van der Waals surface area contributed by atoms with E-state index in [1.165, 1.54) is 12.1 Å². The minimum absolute atomic E-state index is 0.152. The summed E-state index contributed by atoms with van der Waals surface area (Å²) in [5.41, 5.74) is 1.06. The summed E-state index contributed by atoms with van der Waals surface area (Å²) in [4.78, 5) is 10.3. The van der Waals surface area contributed by atoms with Gasteiger partial charge in [-0.3, -0.25) is 4.79 Å². The number of carboxylic acid groups (broad SMARTS) is 1. The normalized spacial score (nSPS) is 10.7. The lowest BCUT2D eigenvalue weighted by molar-refractivity contribution is -0.136. The summed E-state index contributed by atoms with van der Waals surface area (Å²) < 4.78 is 12.7. The van der Waals surface area contributed by atoms with Crippen LogP contribution in [0.5, 0.6) is 0 Å². The molecule has 0 saturated heterocycles. The molecule has 0 amide bonds. The van der Waals surface area contributed by atoms with Crippen molar-refractivity contribution in [1.82, 2.24) is 16.0 Å². The first-order valence-electron chi connectivity index (χ1n) is 6.77. The van der Waals surface area contributed by atoms with Crippen LogP contribution in [0.15, 0.2) is 24.3 Å². The molecule has 6 heteroatoms. The molecule has 0 bridgehead atoms. The van der Waals surface area contributed by atoms with Crippen molar-refractivity contribution < 1.29 is 14.3 Å². The molecule has 4 N–H and O–H groups in total. The summed E-state index contributed by atoms with van der Waals surface area (Å²) in [7, 11) is 0. The van der Waals surface area contributed by atoms with E-state index in [0.717, 1.165) is 38.3 Å². The third-order valence-corrected chi connectivity index (χ3v) is 2.72. The van der Waals surface area contributed by atoms with Crippen molar-refractivity contribution >= 4 is 5.97 Å². The zero-order chi connectivity index (χ0) is 14.6. The van der Waals surface area contributed by atoms with Gasteiger partial charge in [0.25, 0.3) is 0 Å². The third-order valence-electron chi connectivity index (χ3n) is 2.72. The van der Waals surface area contributed by atoms with Gasteiger partial charge in [0.05, 0.1) is 6.42 Å². The fourth-order valence-electron chi connectivity index (χ4n) is 1.63. The van der Waals surface area contributed by atoms with Crippen LogP contribution in [0, 0.1) is 5.82 Å². The number of carboxylic acids is 1. The summed E-state index contributed by atoms with van der Waals surface area (Å²) in [6, 6.07) is 6.44.